The Morgan fingerprint density at radius 3 is 2.07 bits per heavy atom. The third-order valence-electron chi connectivity index (χ3n) is 1.34. The molecule has 0 aliphatic carbocycles. The van der Waals surface area contributed by atoms with E-state index in [9.17, 15) is 4.79 Å². The maximum absolute atomic E-state index is 11.6. The molecule has 0 spiro atoms. The summed E-state index contributed by atoms with van der Waals surface area (Å²) in [6.07, 6.45) is 0. The molecule has 0 aromatic rings. The second kappa shape index (κ2) is 5.14. The van der Waals surface area contributed by atoms with E-state index >= 15 is 0 Å². The molecule has 0 aromatic carbocycles. The van der Waals surface area contributed by atoms with Crippen molar-refractivity contribution in [3.63, 3.8) is 0 Å². The SMILES string of the molecule is CO/N=C(/C(=O)O[Si](C)(C)C)C(C)C. The lowest BCUT2D eigenvalue weighted by atomic mass is 10.1. The molecule has 0 aliphatic heterocycles. The van der Waals surface area contributed by atoms with E-state index < -0.39 is 8.32 Å². The van der Waals surface area contributed by atoms with Crippen LogP contribution < -0.4 is 0 Å². The third-order valence-corrected chi connectivity index (χ3v) is 2.14. The summed E-state index contributed by atoms with van der Waals surface area (Å²) in [6, 6.07) is 0. The zero-order chi connectivity index (χ0) is 11.4. The largest absolute Gasteiger partial charge is 0.515 e. The van der Waals surface area contributed by atoms with Gasteiger partial charge in [-0.25, -0.2) is 4.79 Å². The quantitative estimate of drug-likeness (QED) is 0.411. The van der Waals surface area contributed by atoms with Gasteiger partial charge in [0.1, 0.15) is 7.11 Å². The van der Waals surface area contributed by atoms with Crippen molar-refractivity contribution >= 4 is 20.0 Å². The smallest absolute Gasteiger partial charge is 0.343 e. The summed E-state index contributed by atoms with van der Waals surface area (Å²) in [7, 11) is -0.423. The van der Waals surface area contributed by atoms with Crippen LogP contribution in [0.1, 0.15) is 13.8 Å². The number of oxime groups is 1. The monoisotopic (exact) mass is 217 g/mol. The molecule has 0 radical (unpaired) electrons. The molecule has 0 aliphatic rings. The Morgan fingerprint density at radius 2 is 1.79 bits per heavy atom. The average molecular weight is 217 g/mol. The van der Waals surface area contributed by atoms with E-state index in [4.69, 9.17) is 4.43 Å². The molecular formula is C9H19NO3Si. The highest BCUT2D eigenvalue weighted by Crippen LogP contribution is 2.07. The van der Waals surface area contributed by atoms with Gasteiger partial charge < -0.3 is 9.26 Å². The minimum Gasteiger partial charge on any atom is -0.515 e. The van der Waals surface area contributed by atoms with Gasteiger partial charge in [0.2, 0.25) is 8.32 Å². The van der Waals surface area contributed by atoms with Gasteiger partial charge >= 0.3 is 5.97 Å². The Bertz CT molecular complexity index is 231. The average Bonchev–Trinajstić information content (AvgIpc) is 1.95. The second-order valence-corrected chi connectivity index (χ2v) is 8.74. The first-order chi connectivity index (χ1) is 6.28. The molecule has 0 bridgehead atoms. The summed E-state index contributed by atoms with van der Waals surface area (Å²) < 4.78 is 5.30. The number of carbonyl (C=O) groups is 1. The van der Waals surface area contributed by atoms with Crippen LogP contribution in [0.25, 0.3) is 0 Å². The van der Waals surface area contributed by atoms with Gasteiger partial charge in [-0.1, -0.05) is 19.0 Å². The molecule has 0 aromatic heterocycles. The maximum atomic E-state index is 11.6. The number of rotatable bonds is 4. The van der Waals surface area contributed by atoms with E-state index in [1.807, 2.05) is 33.5 Å². The molecular weight excluding hydrogens is 198 g/mol. The van der Waals surface area contributed by atoms with Crippen molar-refractivity contribution in [2.75, 3.05) is 7.11 Å². The Labute approximate surface area is 86.4 Å². The zero-order valence-corrected chi connectivity index (χ0v) is 10.7. The van der Waals surface area contributed by atoms with E-state index in [2.05, 4.69) is 9.99 Å². The van der Waals surface area contributed by atoms with E-state index in [0.29, 0.717) is 5.71 Å². The number of carbonyl (C=O) groups excluding carboxylic acids is 1. The fraction of sp³-hybridized carbons (Fsp3) is 0.778. The minimum absolute atomic E-state index is 0.0128. The van der Waals surface area contributed by atoms with Gasteiger partial charge in [0.15, 0.2) is 5.71 Å². The van der Waals surface area contributed by atoms with Crippen LogP contribution in [0.2, 0.25) is 19.6 Å². The summed E-state index contributed by atoms with van der Waals surface area (Å²) in [6.45, 7) is 9.62. The molecule has 0 atom stereocenters. The van der Waals surface area contributed by atoms with Crippen molar-refractivity contribution in [2.24, 2.45) is 11.1 Å². The van der Waals surface area contributed by atoms with Crippen molar-refractivity contribution in [1.29, 1.82) is 0 Å². The van der Waals surface area contributed by atoms with Crippen LogP contribution in [0.5, 0.6) is 0 Å². The van der Waals surface area contributed by atoms with Crippen LogP contribution in [0.4, 0.5) is 0 Å². The lowest BCUT2D eigenvalue weighted by Crippen LogP contribution is -2.34. The van der Waals surface area contributed by atoms with Gasteiger partial charge in [0, 0.05) is 5.92 Å². The molecule has 0 amide bonds. The number of hydrogen-bond acceptors (Lipinski definition) is 4. The molecule has 4 nitrogen and oxygen atoms in total. The lowest BCUT2D eigenvalue weighted by molar-refractivity contribution is -0.128. The van der Waals surface area contributed by atoms with Crippen LogP contribution in [-0.2, 0) is 14.1 Å². The Morgan fingerprint density at radius 1 is 1.29 bits per heavy atom. The van der Waals surface area contributed by atoms with Gasteiger partial charge in [-0.2, -0.15) is 0 Å². The highest BCUT2D eigenvalue weighted by atomic mass is 28.4. The highest BCUT2D eigenvalue weighted by Gasteiger charge is 2.25. The molecule has 0 rings (SSSR count). The van der Waals surface area contributed by atoms with Crippen LogP contribution in [0.15, 0.2) is 5.16 Å². The molecule has 0 saturated carbocycles. The molecule has 5 heteroatoms. The third kappa shape index (κ3) is 5.01. The van der Waals surface area contributed by atoms with E-state index in [0.717, 1.165) is 0 Å². The van der Waals surface area contributed by atoms with Gasteiger partial charge in [-0.3, -0.25) is 0 Å². The molecule has 0 saturated heterocycles. The fourth-order valence-corrected chi connectivity index (χ4v) is 1.47. The predicted octanol–water partition coefficient (Wildman–Crippen LogP) is 2.02. The maximum Gasteiger partial charge on any atom is 0.343 e. The minimum atomic E-state index is -1.84. The molecule has 0 unspecified atom stereocenters. The zero-order valence-electron chi connectivity index (χ0n) is 9.75. The van der Waals surface area contributed by atoms with E-state index in [1.165, 1.54) is 7.11 Å². The van der Waals surface area contributed by atoms with Crippen molar-refractivity contribution in [2.45, 2.75) is 33.5 Å². The first-order valence-corrected chi connectivity index (χ1v) is 8.03. The van der Waals surface area contributed by atoms with Gasteiger partial charge in [0.05, 0.1) is 0 Å². The van der Waals surface area contributed by atoms with Crippen LogP contribution in [0.3, 0.4) is 0 Å². The molecule has 82 valence electrons. The van der Waals surface area contributed by atoms with Gasteiger partial charge in [0.25, 0.3) is 0 Å². The van der Waals surface area contributed by atoms with Crippen LogP contribution in [-0.4, -0.2) is 27.1 Å². The van der Waals surface area contributed by atoms with Crippen molar-refractivity contribution in [3.05, 3.63) is 0 Å². The molecule has 14 heavy (non-hydrogen) atoms. The van der Waals surface area contributed by atoms with E-state index in [-0.39, 0.29) is 11.9 Å². The summed E-state index contributed by atoms with van der Waals surface area (Å²) in [4.78, 5) is 16.2. The molecule has 0 N–H and O–H groups in total. The Balaban J connectivity index is 4.55. The second-order valence-electron chi connectivity index (χ2n) is 4.32. The standard InChI is InChI=1S/C9H19NO3Si/c1-7(2)8(10-12-3)9(11)13-14(4,5)6/h7H,1-6H3/b10-8+. The molecule has 0 heterocycles. The summed E-state index contributed by atoms with van der Waals surface area (Å²) in [5.74, 6) is -0.347. The van der Waals surface area contributed by atoms with E-state index in [1.54, 1.807) is 0 Å². The van der Waals surface area contributed by atoms with Crippen LogP contribution in [0, 0.1) is 5.92 Å². The first-order valence-electron chi connectivity index (χ1n) is 4.62. The van der Waals surface area contributed by atoms with Crippen molar-refractivity contribution in [1.82, 2.24) is 0 Å². The van der Waals surface area contributed by atoms with Crippen molar-refractivity contribution < 1.29 is 14.1 Å². The number of hydrogen-bond donors (Lipinski definition) is 0. The first kappa shape index (κ1) is 13.2. The highest BCUT2D eigenvalue weighted by molar-refractivity contribution is 6.72. The normalized spacial score (nSPS) is 12.9. The Hall–Kier alpha value is -0.843. The van der Waals surface area contributed by atoms with Gasteiger partial charge in [-0.05, 0) is 19.6 Å². The summed E-state index contributed by atoms with van der Waals surface area (Å²) >= 11 is 0. The topological polar surface area (TPSA) is 47.9 Å². The predicted molar refractivity (Wildman–Crippen MR) is 58.7 cm³/mol. The fourth-order valence-electron chi connectivity index (χ4n) is 0.807. The number of nitrogens with zero attached hydrogens (tertiary/aromatic N) is 1. The molecule has 0 fully saturated rings. The van der Waals surface area contributed by atoms with Crippen molar-refractivity contribution in [3.8, 4) is 0 Å². The summed E-state index contributed by atoms with van der Waals surface area (Å²) in [5.41, 5.74) is 0.343. The Kier molecular flexibility index (Phi) is 4.83. The van der Waals surface area contributed by atoms with Crippen LogP contribution >= 0.6 is 0 Å². The lowest BCUT2D eigenvalue weighted by Gasteiger charge is -2.18. The van der Waals surface area contributed by atoms with Gasteiger partial charge in [-0.15, -0.1) is 0 Å². The summed E-state index contributed by atoms with van der Waals surface area (Å²) in [5, 5.41) is 3.67.